The van der Waals surface area contributed by atoms with Gasteiger partial charge in [0.15, 0.2) is 0 Å². The molecule has 0 saturated carbocycles. The Bertz CT molecular complexity index is 26.3. The molecular weight excluding hydrogens is 59.0 g/mol. The number of hydrogen-bond donors (Lipinski definition) is 1. The molecule has 0 aliphatic rings. The molecule has 3 heteroatoms. The molecule has 0 aliphatic heterocycles. The minimum atomic E-state index is -2.08. The van der Waals surface area contributed by atoms with Crippen LogP contribution in [0.2, 0.25) is 0 Å². The molecule has 0 amide bonds. The largest absolute Gasteiger partial charge is 0.565 e. The molecule has 0 aromatic carbocycles. The molecule has 0 bridgehead atoms. The standard InChI is InChI=1S/CH2O3/c2-1(3)4/h(H2,2,3,4)/p-1/i1-1. The van der Waals surface area contributed by atoms with Crippen molar-refractivity contribution < 1.29 is 15.0 Å². The lowest BCUT2D eigenvalue weighted by Crippen LogP contribution is -2.17. The van der Waals surface area contributed by atoms with Gasteiger partial charge in [0.25, 0.3) is 0 Å². The molecule has 0 aliphatic carbocycles. The fourth-order valence-corrected chi connectivity index (χ4v) is 0. The van der Waals surface area contributed by atoms with Gasteiger partial charge < -0.3 is 15.0 Å². The van der Waals surface area contributed by atoms with Crippen LogP contribution in [0, 0.1) is 0 Å². The van der Waals surface area contributed by atoms with Crippen LogP contribution in [-0.4, -0.2) is 11.3 Å². The van der Waals surface area contributed by atoms with Gasteiger partial charge in [0, 0.05) is 0 Å². The first-order valence-corrected chi connectivity index (χ1v) is 0.632. The van der Waals surface area contributed by atoms with Gasteiger partial charge in [0.2, 0.25) is 6.16 Å². The van der Waals surface area contributed by atoms with Gasteiger partial charge in [0.05, 0.1) is 0 Å². The summed E-state index contributed by atoms with van der Waals surface area (Å²) in [5.41, 5.74) is 0. The molecule has 0 heterocycles. The molecule has 0 rings (SSSR count). The lowest BCUT2D eigenvalue weighted by Gasteiger charge is -1.74. The first-order valence-electron chi connectivity index (χ1n) is 0.632. The van der Waals surface area contributed by atoms with Gasteiger partial charge in [-0.15, -0.1) is 0 Å². The van der Waals surface area contributed by atoms with E-state index < -0.39 is 6.16 Å². The van der Waals surface area contributed by atoms with Crippen LogP contribution in [0.25, 0.3) is 0 Å². The highest BCUT2D eigenvalue weighted by atomic mass is 16.5. The summed E-state index contributed by atoms with van der Waals surface area (Å²) in [6.45, 7) is 0. The van der Waals surface area contributed by atoms with Gasteiger partial charge in [-0.2, -0.15) is 0 Å². The third kappa shape index (κ3) is 0.174. The SMILES string of the molecule is O=[11C]([O-])O. The van der Waals surface area contributed by atoms with E-state index in [4.69, 9.17) is 15.0 Å². The molecule has 0 spiro atoms. The van der Waals surface area contributed by atoms with Crippen LogP contribution >= 0.6 is 0 Å². The number of rotatable bonds is 0. The second kappa shape index (κ2) is 0.711. The van der Waals surface area contributed by atoms with E-state index in [9.17, 15) is 0 Å². The lowest BCUT2D eigenvalue weighted by atomic mass is 10.6. The summed E-state index contributed by atoms with van der Waals surface area (Å²) in [5, 5.41) is 15.3. The van der Waals surface area contributed by atoms with E-state index in [2.05, 4.69) is 0 Å². The zero-order valence-electron chi connectivity index (χ0n) is 1.76. The Kier molecular flexibility index (Phi) is 0.581. The van der Waals surface area contributed by atoms with E-state index in [1.807, 2.05) is 0 Å². The molecule has 3 nitrogen and oxygen atoms in total. The number of carbonyl (C=O) groups is 1. The maximum Gasteiger partial charge on any atom is 0.249 e. The molecule has 4 heavy (non-hydrogen) atoms. The Morgan fingerprint density at radius 2 is 2.00 bits per heavy atom. The predicted octanol–water partition coefficient (Wildman–Crippen LogP) is -1.11. The van der Waals surface area contributed by atoms with Gasteiger partial charge in [-0.3, -0.25) is 0 Å². The highest BCUT2D eigenvalue weighted by Gasteiger charge is 1.51. The number of hydrogen-bond acceptors (Lipinski definition) is 2. The van der Waals surface area contributed by atoms with Gasteiger partial charge in [-0.05, 0) is 0 Å². The minimum Gasteiger partial charge on any atom is -0.565 e. The molecule has 0 unspecified atom stereocenters. The van der Waals surface area contributed by atoms with Gasteiger partial charge in [-0.1, -0.05) is 0 Å². The van der Waals surface area contributed by atoms with Crippen molar-refractivity contribution in [2.45, 2.75) is 0 Å². The number of carboxylic acid groups (broad SMARTS) is 2. The van der Waals surface area contributed by atoms with Gasteiger partial charge in [-0.25, -0.2) is 0 Å². The molecule has 0 radical (unpaired) electrons. The third-order valence-corrected chi connectivity index (χ3v) is 0. The monoisotopic (exact) mass is 60.0 g/mol. The van der Waals surface area contributed by atoms with Crippen LogP contribution in [0.5, 0.6) is 0 Å². The normalized spacial score (nSPS) is 6.00. The molecular formula is CHO3-. The Morgan fingerprint density at radius 3 is 2.00 bits per heavy atom. The van der Waals surface area contributed by atoms with Crippen LogP contribution in [-0.2, 0) is 0 Å². The second-order valence-corrected chi connectivity index (χ2v) is 0.266. The van der Waals surface area contributed by atoms with Crippen molar-refractivity contribution in [3.05, 3.63) is 0 Å². The van der Waals surface area contributed by atoms with E-state index in [0.29, 0.717) is 0 Å². The van der Waals surface area contributed by atoms with Crippen molar-refractivity contribution in [2.24, 2.45) is 0 Å². The summed E-state index contributed by atoms with van der Waals surface area (Å²) in [6.07, 6.45) is -2.08. The summed E-state index contributed by atoms with van der Waals surface area (Å²) in [5.74, 6) is 0. The molecule has 0 aromatic heterocycles. The summed E-state index contributed by atoms with van der Waals surface area (Å²) in [7, 11) is 0. The zero-order chi connectivity index (χ0) is 3.58. The van der Waals surface area contributed by atoms with Gasteiger partial charge in [0.1, 0.15) is 0 Å². The molecule has 0 fully saturated rings. The Morgan fingerprint density at radius 1 is 2.00 bits per heavy atom. The maximum atomic E-state index is 8.44. The Balaban J connectivity index is 2.80. The Hall–Kier alpha value is -0.730. The fourth-order valence-electron chi connectivity index (χ4n) is 0. The van der Waals surface area contributed by atoms with Crippen LogP contribution < -0.4 is 5.11 Å². The smallest absolute Gasteiger partial charge is 0.249 e. The summed E-state index contributed by atoms with van der Waals surface area (Å²) < 4.78 is 0. The topological polar surface area (TPSA) is 60.4 Å². The fraction of sp³-hybridized carbons (Fsp3) is 0. The van der Waals surface area contributed by atoms with Crippen molar-refractivity contribution in [2.75, 3.05) is 0 Å². The van der Waals surface area contributed by atoms with Crippen LogP contribution in [0.15, 0.2) is 0 Å². The first kappa shape index (κ1) is 3.27. The quantitative estimate of drug-likeness (QED) is 0.385. The molecule has 0 aromatic rings. The zero-order valence-corrected chi connectivity index (χ0v) is 1.76. The highest BCUT2D eigenvalue weighted by molar-refractivity contribution is 5.50. The van der Waals surface area contributed by atoms with E-state index in [1.165, 1.54) is 0 Å². The van der Waals surface area contributed by atoms with Crippen LogP contribution in [0.1, 0.15) is 0 Å². The van der Waals surface area contributed by atoms with E-state index in [-0.39, 0.29) is 0 Å². The summed E-state index contributed by atoms with van der Waals surface area (Å²) in [6, 6.07) is 0. The highest BCUT2D eigenvalue weighted by Crippen LogP contribution is 1.32. The lowest BCUT2D eigenvalue weighted by molar-refractivity contribution is -0.275. The van der Waals surface area contributed by atoms with Gasteiger partial charge >= 0.3 is 0 Å². The molecule has 1 N–H and O–H groups in total. The third-order valence-electron chi connectivity index (χ3n) is 0. The Labute approximate surface area is 22.5 Å². The molecule has 24 valence electrons. The van der Waals surface area contributed by atoms with Crippen molar-refractivity contribution >= 4 is 6.16 Å². The minimum absolute atomic E-state index is 2.08. The van der Waals surface area contributed by atoms with E-state index >= 15 is 0 Å². The van der Waals surface area contributed by atoms with Crippen LogP contribution in [0.4, 0.5) is 4.79 Å². The first-order chi connectivity index (χ1) is 1.73. The van der Waals surface area contributed by atoms with Crippen molar-refractivity contribution in [1.82, 2.24) is 0 Å². The van der Waals surface area contributed by atoms with Crippen molar-refractivity contribution in [3.8, 4) is 0 Å². The maximum absolute atomic E-state index is 8.44. The average Bonchev–Trinajstić information content (AvgIpc) is 0.811. The summed E-state index contributed by atoms with van der Waals surface area (Å²) >= 11 is 0. The summed E-state index contributed by atoms with van der Waals surface area (Å²) in [4.78, 5) is 8.44. The van der Waals surface area contributed by atoms with Crippen molar-refractivity contribution in [1.29, 1.82) is 0 Å². The predicted molar refractivity (Wildman–Crippen MR) is 8.02 cm³/mol. The average molecular weight is 60.0 g/mol. The van der Waals surface area contributed by atoms with E-state index in [1.54, 1.807) is 0 Å². The van der Waals surface area contributed by atoms with Crippen molar-refractivity contribution in [3.63, 3.8) is 0 Å². The molecule has 0 saturated heterocycles. The van der Waals surface area contributed by atoms with Crippen LogP contribution in [0.3, 0.4) is 0 Å². The van der Waals surface area contributed by atoms with E-state index in [0.717, 1.165) is 0 Å². The second-order valence-electron chi connectivity index (χ2n) is 0.266. The molecule has 0 atom stereocenters.